The topological polar surface area (TPSA) is 69.1 Å². The third-order valence-corrected chi connectivity index (χ3v) is 5.72. The Balaban J connectivity index is 1.81. The second-order valence-electron chi connectivity index (χ2n) is 8.11. The Morgan fingerprint density at radius 1 is 1.29 bits per heavy atom. The number of rotatable bonds is 5. The Labute approximate surface area is 147 Å². The highest BCUT2D eigenvalue weighted by molar-refractivity contribution is 5.79. The molecule has 0 aromatic heterocycles. The van der Waals surface area contributed by atoms with E-state index in [-0.39, 0.29) is 17.1 Å². The molecule has 1 aliphatic carbocycles. The number of aliphatic hydroxyl groups excluding tert-OH is 1. The van der Waals surface area contributed by atoms with Crippen molar-refractivity contribution in [2.45, 2.75) is 58.1 Å². The van der Waals surface area contributed by atoms with E-state index in [1.807, 2.05) is 0 Å². The molecule has 24 heavy (non-hydrogen) atoms. The van der Waals surface area contributed by atoms with Crippen LogP contribution in [0.1, 0.15) is 46.5 Å². The standard InChI is InChI=1S/C18H36N4O2/c1-17(2,22-9-11-24-12-10-22)13-20-16(19-4)21-14-18(3)8-6-5-7-15(18)23/h15,23H,5-14H2,1-4H3,(H2,19,20,21). The van der Waals surface area contributed by atoms with E-state index >= 15 is 0 Å². The van der Waals surface area contributed by atoms with Gasteiger partial charge in [-0.2, -0.15) is 0 Å². The summed E-state index contributed by atoms with van der Waals surface area (Å²) >= 11 is 0. The van der Waals surface area contributed by atoms with Crippen molar-refractivity contribution in [2.24, 2.45) is 10.4 Å². The van der Waals surface area contributed by atoms with Crippen molar-refractivity contribution in [1.82, 2.24) is 15.5 Å². The van der Waals surface area contributed by atoms with E-state index in [1.54, 1.807) is 7.05 Å². The maximum absolute atomic E-state index is 10.3. The minimum atomic E-state index is -0.221. The van der Waals surface area contributed by atoms with Crippen LogP contribution >= 0.6 is 0 Å². The predicted molar refractivity (Wildman–Crippen MR) is 98.4 cm³/mol. The Morgan fingerprint density at radius 2 is 2.00 bits per heavy atom. The molecule has 2 atom stereocenters. The third-order valence-electron chi connectivity index (χ3n) is 5.72. The first kappa shape index (κ1) is 19.5. The fourth-order valence-corrected chi connectivity index (χ4v) is 3.67. The van der Waals surface area contributed by atoms with Crippen LogP contribution in [0.25, 0.3) is 0 Å². The van der Waals surface area contributed by atoms with Crippen molar-refractivity contribution < 1.29 is 9.84 Å². The lowest BCUT2D eigenvalue weighted by Crippen LogP contribution is -2.57. The summed E-state index contributed by atoms with van der Waals surface area (Å²) in [5.74, 6) is 0.815. The lowest BCUT2D eigenvalue weighted by molar-refractivity contribution is -0.00851. The first-order valence-corrected chi connectivity index (χ1v) is 9.33. The number of ether oxygens (including phenoxy) is 1. The Kier molecular flexibility index (Phi) is 6.89. The highest BCUT2D eigenvalue weighted by Gasteiger charge is 2.35. The first-order chi connectivity index (χ1) is 11.4. The molecule has 140 valence electrons. The van der Waals surface area contributed by atoms with E-state index in [2.05, 4.69) is 41.3 Å². The number of hydrogen-bond donors (Lipinski definition) is 3. The molecular formula is C18H36N4O2. The van der Waals surface area contributed by atoms with E-state index in [4.69, 9.17) is 4.74 Å². The minimum absolute atomic E-state index is 0.0512. The molecule has 2 fully saturated rings. The fraction of sp³-hybridized carbons (Fsp3) is 0.944. The molecule has 3 N–H and O–H groups in total. The molecule has 1 heterocycles. The van der Waals surface area contributed by atoms with Crippen LogP contribution in [0.5, 0.6) is 0 Å². The lowest BCUT2D eigenvalue weighted by Gasteiger charge is -2.41. The molecule has 1 saturated carbocycles. The van der Waals surface area contributed by atoms with Crippen LogP contribution in [0.3, 0.4) is 0 Å². The van der Waals surface area contributed by atoms with Crippen LogP contribution < -0.4 is 10.6 Å². The van der Waals surface area contributed by atoms with Gasteiger partial charge in [0.05, 0.1) is 19.3 Å². The number of nitrogens with zero attached hydrogens (tertiary/aromatic N) is 2. The van der Waals surface area contributed by atoms with E-state index in [9.17, 15) is 5.11 Å². The van der Waals surface area contributed by atoms with Gasteiger partial charge in [-0.3, -0.25) is 9.89 Å². The zero-order chi connectivity index (χ0) is 17.6. The molecule has 6 nitrogen and oxygen atoms in total. The van der Waals surface area contributed by atoms with E-state index in [0.717, 1.165) is 64.6 Å². The summed E-state index contributed by atoms with van der Waals surface area (Å²) in [4.78, 5) is 6.81. The zero-order valence-electron chi connectivity index (χ0n) is 15.9. The van der Waals surface area contributed by atoms with Gasteiger partial charge in [0.15, 0.2) is 5.96 Å². The van der Waals surface area contributed by atoms with Gasteiger partial charge in [-0.1, -0.05) is 19.8 Å². The summed E-state index contributed by atoms with van der Waals surface area (Å²) in [7, 11) is 1.80. The summed E-state index contributed by atoms with van der Waals surface area (Å²) in [5.41, 5.74) is -0.00868. The van der Waals surface area contributed by atoms with Crippen molar-refractivity contribution in [3.05, 3.63) is 0 Å². The summed E-state index contributed by atoms with van der Waals surface area (Å²) in [5, 5.41) is 17.2. The summed E-state index contributed by atoms with van der Waals surface area (Å²) in [6, 6.07) is 0. The molecular weight excluding hydrogens is 304 g/mol. The number of morpholine rings is 1. The largest absolute Gasteiger partial charge is 0.392 e. The molecule has 6 heteroatoms. The van der Waals surface area contributed by atoms with Gasteiger partial charge in [-0.05, 0) is 26.7 Å². The SMILES string of the molecule is CN=C(NCC1(C)CCCCC1O)NCC(C)(C)N1CCOCC1. The smallest absolute Gasteiger partial charge is 0.191 e. The molecule has 0 amide bonds. The van der Waals surface area contributed by atoms with Gasteiger partial charge in [0.2, 0.25) is 0 Å². The molecule has 2 aliphatic rings. The van der Waals surface area contributed by atoms with Gasteiger partial charge < -0.3 is 20.5 Å². The molecule has 0 aromatic rings. The zero-order valence-corrected chi connectivity index (χ0v) is 15.9. The van der Waals surface area contributed by atoms with Crippen LogP contribution in [-0.2, 0) is 4.74 Å². The van der Waals surface area contributed by atoms with Gasteiger partial charge in [0.25, 0.3) is 0 Å². The average molecular weight is 341 g/mol. The monoisotopic (exact) mass is 340 g/mol. The van der Waals surface area contributed by atoms with Gasteiger partial charge in [-0.15, -0.1) is 0 Å². The molecule has 0 spiro atoms. The van der Waals surface area contributed by atoms with Gasteiger partial charge in [0.1, 0.15) is 0 Å². The Morgan fingerprint density at radius 3 is 2.62 bits per heavy atom. The number of aliphatic imine (C=N–C) groups is 1. The second kappa shape index (κ2) is 8.50. The quantitative estimate of drug-likeness (QED) is 0.518. The molecule has 0 aromatic carbocycles. The van der Waals surface area contributed by atoms with Crippen LogP contribution in [0.15, 0.2) is 4.99 Å². The fourth-order valence-electron chi connectivity index (χ4n) is 3.67. The Bertz CT molecular complexity index is 421. The molecule has 1 aliphatic heterocycles. The van der Waals surface area contributed by atoms with E-state index < -0.39 is 0 Å². The number of aliphatic hydroxyl groups is 1. The van der Waals surface area contributed by atoms with E-state index in [1.165, 1.54) is 6.42 Å². The average Bonchev–Trinajstić information content (AvgIpc) is 2.59. The number of guanidine groups is 1. The van der Waals surface area contributed by atoms with Crippen molar-refractivity contribution in [1.29, 1.82) is 0 Å². The molecule has 0 bridgehead atoms. The minimum Gasteiger partial charge on any atom is -0.392 e. The van der Waals surface area contributed by atoms with Crippen molar-refractivity contribution in [3.8, 4) is 0 Å². The molecule has 2 rings (SSSR count). The van der Waals surface area contributed by atoms with Crippen LogP contribution in [0.4, 0.5) is 0 Å². The number of nitrogens with one attached hydrogen (secondary N) is 2. The van der Waals surface area contributed by atoms with Gasteiger partial charge in [-0.25, -0.2) is 0 Å². The van der Waals surface area contributed by atoms with Crippen molar-refractivity contribution >= 4 is 5.96 Å². The normalized spacial score (nSPS) is 30.2. The van der Waals surface area contributed by atoms with Crippen LogP contribution in [0, 0.1) is 5.41 Å². The third kappa shape index (κ3) is 5.07. The predicted octanol–water partition coefficient (Wildman–Crippen LogP) is 1.20. The second-order valence-corrected chi connectivity index (χ2v) is 8.11. The van der Waals surface area contributed by atoms with E-state index in [0.29, 0.717) is 0 Å². The van der Waals surface area contributed by atoms with Crippen molar-refractivity contribution in [2.75, 3.05) is 46.4 Å². The molecule has 1 saturated heterocycles. The summed E-state index contributed by atoms with van der Waals surface area (Å²) < 4.78 is 5.45. The van der Waals surface area contributed by atoms with Crippen LogP contribution in [0.2, 0.25) is 0 Å². The first-order valence-electron chi connectivity index (χ1n) is 9.33. The molecule has 2 unspecified atom stereocenters. The maximum Gasteiger partial charge on any atom is 0.191 e. The maximum atomic E-state index is 10.3. The van der Waals surface area contributed by atoms with Gasteiger partial charge in [0, 0.05) is 44.2 Å². The number of hydrogen-bond acceptors (Lipinski definition) is 4. The Hall–Kier alpha value is -0.850. The van der Waals surface area contributed by atoms with Crippen LogP contribution in [-0.4, -0.2) is 74.0 Å². The summed E-state index contributed by atoms with van der Waals surface area (Å²) in [6.07, 6.45) is 4.09. The molecule has 0 radical (unpaired) electrons. The van der Waals surface area contributed by atoms with Crippen molar-refractivity contribution in [3.63, 3.8) is 0 Å². The summed E-state index contributed by atoms with van der Waals surface area (Å²) in [6.45, 7) is 11.8. The lowest BCUT2D eigenvalue weighted by atomic mass is 9.73. The van der Waals surface area contributed by atoms with Gasteiger partial charge >= 0.3 is 0 Å². The highest BCUT2D eigenvalue weighted by atomic mass is 16.5. The highest BCUT2D eigenvalue weighted by Crippen LogP contribution is 2.35.